The highest BCUT2D eigenvalue weighted by atomic mass is 32.2. The van der Waals surface area contributed by atoms with Crippen LogP contribution < -0.4 is 5.32 Å². The second-order valence-corrected chi connectivity index (χ2v) is 8.91. The molecular formula is C22H20N4O2S2. The molecule has 0 aliphatic carbocycles. The number of nitrogens with one attached hydrogen (secondary N) is 1. The lowest BCUT2D eigenvalue weighted by molar-refractivity contribution is 0.102. The van der Waals surface area contributed by atoms with Crippen molar-refractivity contribution in [2.45, 2.75) is 24.1 Å². The largest absolute Gasteiger partial charge is 0.360 e. The van der Waals surface area contributed by atoms with E-state index in [1.54, 1.807) is 18.7 Å². The van der Waals surface area contributed by atoms with E-state index in [0.717, 1.165) is 28.5 Å². The Morgan fingerprint density at radius 3 is 2.57 bits per heavy atom. The van der Waals surface area contributed by atoms with Gasteiger partial charge in [0.15, 0.2) is 4.34 Å². The van der Waals surface area contributed by atoms with E-state index in [0.29, 0.717) is 22.1 Å². The zero-order valence-electron chi connectivity index (χ0n) is 16.4. The van der Waals surface area contributed by atoms with E-state index in [1.165, 1.54) is 16.9 Å². The fourth-order valence-corrected chi connectivity index (χ4v) is 4.75. The van der Waals surface area contributed by atoms with Crippen LogP contribution in [0.1, 0.15) is 28.1 Å². The lowest BCUT2D eigenvalue weighted by Gasteiger charge is -2.02. The van der Waals surface area contributed by atoms with Crippen molar-refractivity contribution >= 4 is 34.1 Å². The Balaban J connectivity index is 1.35. The summed E-state index contributed by atoms with van der Waals surface area (Å²) in [6.07, 6.45) is 2.08. The second kappa shape index (κ2) is 9.69. The minimum absolute atomic E-state index is 0.301. The van der Waals surface area contributed by atoms with Crippen LogP contribution in [0.3, 0.4) is 0 Å². The summed E-state index contributed by atoms with van der Waals surface area (Å²) in [5, 5.41) is 15.6. The van der Waals surface area contributed by atoms with Crippen LogP contribution in [0.25, 0.3) is 11.3 Å². The maximum absolute atomic E-state index is 12.8. The molecule has 0 bridgehead atoms. The molecule has 6 nitrogen and oxygen atoms in total. The number of anilines is 1. The van der Waals surface area contributed by atoms with E-state index < -0.39 is 0 Å². The summed E-state index contributed by atoms with van der Waals surface area (Å²) in [5.41, 5.74) is 3.09. The van der Waals surface area contributed by atoms with E-state index >= 15 is 0 Å². The van der Waals surface area contributed by atoms with Gasteiger partial charge < -0.3 is 4.52 Å². The zero-order valence-corrected chi connectivity index (χ0v) is 18.0. The van der Waals surface area contributed by atoms with Crippen molar-refractivity contribution in [3.05, 3.63) is 77.6 Å². The smallest absolute Gasteiger partial charge is 0.263 e. The van der Waals surface area contributed by atoms with E-state index in [1.807, 2.05) is 36.4 Å². The van der Waals surface area contributed by atoms with Crippen LogP contribution >= 0.6 is 23.1 Å². The summed E-state index contributed by atoms with van der Waals surface area (Å²) in [5.74, 6) is 1.11. The number of benzene rings is 2. The molecule has 0 fully saturated rings. The third-order valence-corrected chi connectivity index (χ3v) is 6.50. The molecule has 2 aromatic carbocycles. The van der Waals surface area contributed by atoms with Gasteiger partial charge in [0, 0.05) is 11.3 Å². The number of amides is 1. The molecule has 1 N–H and O–H groups in total. The molecule has 0 saturated carbocycles. The van der Waals surface area contributed by atoms with Crippen molar-refractivity contribution in [2.24, 2.45) is 0 Å². The number of rotatable bonds is 8. The maximum atomic E-state index is 12.8. The zero-order chi connectivity index (χ0) is 20.8. The fourth-order valence-electron chi connectivity index (χ4n) is 2.99. The average molecular weight is 437 g/mol. The summed E-state index contributed by atoms with van der Waals surface area (Å²) >= 11 is 3.02. The summed E-state index contributed by atoms with van der Waals surface area (Å²) in [6, 6.07) is 19.9. The first-order valence-corrected chi connectivity index (χ1v) is 11.3. The van der Waals surface area contributed by atoms with Gasteiger partial charge >= 0.3 is 0 Å². The second-order valence-electron chi connectivity index (χ2n) is 6.59. The molecule has 30 heavy (non-hydrogen) atoms. The number of carbonyl (C=O) groups excluding carboxylic acids is 1. The summed E-state index contributed by atoms with van der Waals surface area (Å²) < 4.78 is 6.11. The van der Waals surface area contributed by atoms with E-state index in [2.05, 4.69) is 44.9 Å². The lowest BCUT2D eigenvalue weighted by atomic mass is 10.1. The van der Waals surface area contributed by atoms with Gasteiger partial charge in [0.2, 0.25) is 5.13 Å². The molecule has 0 atom stereocenters. The van der Waals surface area contributed by atoms with E-state index in [-0.39, 0.29) is 5.91 Å². The first-order chi connectivity index (χ1) is 14.7. The molecule has 0 aliphatic heterocycles. The van der Waals surface area contributed by atoms with Crippen molar-refractivity contribution in [3.8, 4) is 11.3 Å². The van der Waals surface area contributed by atoms with E-state index in [9.17, 15) is 4.79 Å². The number of aryl methyl sites for hydroxylation is 2. The predicted octanol–water partition coefficient (Wildman–Crippen LogP) is 5.48. The first kappa shape index (κ1) is 20.3. The monoisotopic (exact) mass is 436 g/mol. The van der Waals surface area contributed by atoms with Gasteiger partial charge in [-0.05, 0) is 25.3 Å². The molecule has 0 saturated heterocycles. The third-order valence-electron chi connectivity index (χ3n) is 4.44. The van der Waals surface area contributed by atoms with Gasteiger partial charge in [0.25, 0.3) is 5.91 Å². The molecule has 152 valence electrons. The Morgan fingerprint density at radius 1 is 1.07 bits per heavy atom. The molecule has 0 unspecified atom stereocenters. The SMILES string of the molecule is Cc1onc(-c2ccccc2)c1C(=O)Nc1nnc(SCCCc2ccccc2)s1. The Hall–Kier alpha value is -2.97. The summed E-state index contributed by atoms with van der Waals surface area (Å²) in [6.45, 7) is 1.72. The predicted molar refractivity (Wildman–Crippen MR) is 120 cm³/mol. The fraction of sp³-hybridized carbons (Fsp3) is 0.182. The van der Waals surface area contributed by atoms with Gasteiger partial charge in [-0.2, -0.15) is 0 Å². The average Bonchev–Trinajstić information content (AvgIpc) is 3.39. The number of nitrogens with zero attached hydrogens (tertiary/aromatic N) is 3. The number of aromatic nitrogens is 3. The molecule has 0 radical (unpaired) electrons. The van der Waals surface area contributed by atoms with Gasteiger partial charge in [-0.25, -0.2) is 0 Å². The highest BCUT2D eigenvalue weighted by molar-refractivity contribution is 8.01. The Bertz CT molecular complexity index is 1110. The summed E-state index contributed by atoms with van der Waals surface area (Å²) in [7, 11) is 0. The third kappa shape index (κ3) is 4.95. The minimum Gasteiger partial charge on any atom is -0.360 e. The van der Waals surface area contributed by atoms with Crippen LogP contribution in [-0.4, -0.2) is 27.0 Å². The van der Waals surface area contributed by atoms with Crippen molar-refractivity contribution in [1.29, 1.82) is 0 Å². The molecule has 4 rings (SSSR count). The topological polar surface area (TPSA) is 80.9 Å². The molecule has 2 heterocycles. The van der Waals surface area contributed by atoms with Crippen molar-refractivity contribution in [3.63, 3.8) is 0 Å². The lowest BCUT2D eigenvalue weighted by Crippen LogP contribution is -2.13. The standard InChI is InChI=1S/C22H20N4O2S2/c1-15-18(19(26-28-15)17-12-6-3-7-13-17)20(27)23-21-24-25-22(30-21)29-14-8-11-16-9-4-2-5-10-16/h2-7,9-10,12-13H,8,11,14H2,1H3,(H,23,24,27). The van der Waals surface area contributed by atoms with Crippen LogP contribution in [0, 0.1) is 6.92 Å². The van der Waals surface area contributed by atoms with Crippen LogP contribution in [0.2, 0.25) is 0 Å². The Labute approximate surface area is 182 Å². The van der Waals surface area contributed by atoms with E-state index in [4.69, 9.17) is 4.52 Å². The molecule has 0 spiro atoms. The number of hydrogen-bond donors (Lipinski definition) is 1. The molecule has 2 aromatic heterocycles. The van der Waals surface area contributed by atoms with Crippen molar-refractivity contribution in [1.82, 2.24) is 15.4 Å². The van der Waals surface area contributed by atoms with Crippen LogP contribution in [0.4, 0.5) is 5.13 Å². The van der Waals surface area contributed by atoms with Gasteiger partial charge in [-0.3, -0.25) is 10.1 Å². The Kier molecular flexibility index (Phi) is 6.56. The molecule has 0 aliphatic rings. The Morgan fingerprint density at radius 2 is 1.80 bits per heavy atom. The van der Waals surface area contributed by atoms with Gasteiger partial charge in [-0.1, -0.05) is 88.9 Å². The van der Waals surface area contributed by atoms with Gasteiger partial charge in [0.05, 0.1) is 0 Å². The minimum atomic E-state index is -0.301. The van der Waals surface area contributed by atoms with Crippen molar-refractivity contribution < 1.29 is 9.32 Å². The summed E-state index contributed by atoms with van der Waals surface area (Å²) in [4.78, 5) is 12.8. The van der Waals surface area contributed by atoms with Crippen molar-refractivity contribution in [2.75, 3.05) is 11.1 Å². The molecular weight excluding hydrogens is 416 g/mol. The molecule has 8 heteroatoms. The number of carbonyl (C=O) groups is 1. The van der Waals surface area contributed by atoms with Crippen LogP contribution in [0.15, 0.2) is 69.5 Å². The van der Waals surface area contributed by atoms with Gasteiger partial charge in [-0.15, -0.1) is 10.2 Å². The normalized spacial score (nSPS) is 10.8. The number of thioether (sulfide) groups is 1. The van der Waals surface area contributed by atoms with Gasteiger partial charge in [0.1, 0.15) is 17.0 Å². The molecule has 4 aromatic rings. The quantitative estimate of drug-likeness (QED) is 0.224. The van der Waals surface area contributed by atoms with Crippen LogP contribution in [-0.2, 0) is 6.42 Å². The highest BCUT2D eigenvalue weighted by Crippen LogP contribution is 2.29. The van der Waals surface area contributed by atoms with Crippen LogP contribution in [0.5, 0.6) is 0 Å². The highest BCUT2D eigenvalue weighted by Gasteiger charge is 2.22. The maximum Gasteiger partial charge on any atom is 0.263 e. The molecule has 1 amide bonds. The first-order valence-electron chi connectivity index (χ1n) is 9.54. The number of hydrogen-bond acceptors (Lipinski definition) is 7.